The van der Waals surface area contributed by atoms with Crippen molar-refractivity contribution in [3.63, 3.8) is 0 Å². The summed E-state index contributed by atoms with van der Waals surface area (Å²) < 4.78 is 15.6. The van der Waals surface area contributed by atoms with Gasteiger partial charge in [0.2, 0.25) is 0 Å². The van der Waals surface area contributed by atoms with E-state index in [1.54, 1.807) is 0 Å². The Bertz CT molecular complexity index is 480. The van der Waals surface area contributed by atoms with Gasteiger partial charge in [0.15, 0.2) is 6.61 Å². The maximum absolute atomic E-state index is 11.5. The summed E-state index contributed by atoms with van der Waals surface area (Å²) in [6.07, 6.45) is 2.80. The van der Waals surface area contributed by atoms with Gasteiger partial charge in [-0.05, 0) is 12.5 Å². The van der Waals surface area contributed by atoms with E-state index in [2.05, 4.69) is 6.92 Å². The van der Waals surface area contributed by atoms with Gasteiger partial charge in [-0.1, -0.05) is 48.1 Å². The number of hydrogen-bond acceptors (Lipinski definition) is 4. The number of ether oxygens (including phenoxy) is 3. The van der Waals surface area contributed by atoms with Gasteiger partial charge in [0, 0.05) is 25.7 Å². The van der Waals surface area contributed by atoms with E-state index < -0.39 is 5.97 Å². The number of carbonyl (C=O) groups excluding carboxylic acids is 1. The first-order valence-corrected chi connectivity index (χ1v) is 8.18. The quantitative estimate of drug-likeness (QED) is 0.338. The molecule has 0 bridgehead atoms. The lowest BCUT2D eigenvalue weighted by Gasteiger charge is -2.09. The van der Waals surface area contributed by atoms with Gasteiger partial charge in [0.1, 0.15) is 5.75 Å². The molecule has 1 aromatic rings. The van der Waals surface area contributed by atoms with Crippen molar-refractivity contribution >= 4 is 40.8 Å². The van der Waals surface area contributed by atoms with Crippen LogP contribution in [0.3, 0.4) is 0 Å². The van der Waals surface area contributed by atoms with Gasteiger partial charge < -0.3 is 14.2 Å². The molecule has 0 heterocycles. The molecular weight excluding hydrogens is 351 g/mol. The predicted molar refractivity (Wildman–Crippen MR) is 88.3 cm³/mol. The van der Waals surface area contributed by atoms with E-state index >= 15 is 0 Å². The monoisotopic (exact) mass is 368 g/mol. The highest BCUT2D eigenvalue weighted by Crippen LogP contribution is 2.33. The van der Waals surface area contributed by atoms with Crippen LogP contribution in [-0.4, -0.2) is 32.4 Å². The maximum atomic E-state index is 11.5. The molecule has 0 saturated carbocycles. The van der Waals surface area contributed by atoms with Crippen LogP contribution in [0.2, 0.25) is 15.1 Å². The van der Waals surface area contributed by atoms with E-state index in [1.807, 2.05) is 0 Å². The smallest absolute Gasteiger partial charge is 0.344 e. The Morgan fingerprint density at radius 3 is 2.41 bits per heavy atom. The number of carbonyl (C=O) groups is 1. The normalized spacial score (nSPS) is 10.5. The predicted octanol–water partition coefficient (Wildman–Crippen LogP) is 4.78. The number of halogens is 3. The molecule has 0 fully saturated rings. The van der Waals surface area contributed by atoms with Gasteiger partial charge in [-0.3, -0.25) is 0 Å². The van der Waals surface area contributed by atoms with Crippen LogP contribution >= 0.6 is 34.8 Å². The topological polar surface area (TPSA) is 44.8 Å². The molecule has 1 rings (SSSR count). The number of unbranched alkanes of at least 4 members (excludes halogenated alkanes) is 1. The highest BCUT2D eigenvalue weighted by molar-refractivity contribution is 6.43. The molecule has 124 valence electrons. The van der Waals surface area contributed by atoms with Crippen molar-refractivity contribution in [3.05, 3.63) is 27.2 Å². The summed E-state index contributed by atoms with van der Waals surface area (Å²) in [7, 11) is 0. The summed E-state index contributed by atoms with van der Waals surface area (Å²) in [6.45, 7) is 3.47. The van der Waals surface area contributed by atoms with E-state index in [-0.39, 0.29) is 17.4 Å². The third-order valence-electron chi connectivity index (χ3n) is 2.66. The van der Waals surface area contributed by atoms with Crippen molar-refractivity contribution in [2.24, 2.45) is 0 Å². The summed E-state index contributed by atoms with van der Waals surface area (Å²) in [5.41, 5.74) is 0. The Morgan fingerprint density at radius 1 is 1.00 bits per heavy atom. The summed E-state index contributed by atoms with van der Waals surface area (Å²) in [5.74, 6) is -0.188. The largest absolute Gasteiger partial charge is 0.480 e. The summed E-state index contributed by atoms with van der Waals surface area (Å²) in [5, 5.41) is 0.912. The molecule has 0 N–H and O–H groups in total. The van der Waals surface area contributed by atoms with Crippen LogP contribution in [0.15, 0.2) is 12.1 Å². The van der Waals surface area contributed by atoms with E-state index in [1.165, 1.54) is 12.1 Å². The van der Waals surface area contributed by atoms with Crippen molar-refractivity contribution < 1.29 is 19.0 Å². The first kappa shape index (κ1) is 19.4. The number of esters is 1. The molecule has 0 spiro atoms. The molecule has 0 saturated heterocycles. The van der Waals surface area contributed by atoms with Crippen molar-refractivity contribution in [2.45, 2.75) is 26.2 Å². The average molecular weight is 370 g/mol. The molecule has 1 aromatic carbocycles. The molecule has 0 unspecified atom stereocenters. The van der Waals surface area contributed by atoms with Gasteiger partial charge in [-0.25, -0.2) is 4.79 Å². The average Bonchev–Trinajstić information content (AvgIpc) is 2.48. The van der Waals surface area contributed by atoms with Gasteiger partial charge >= 0.3 is 5.97 Å². The molecule has 0 amide bonds. The van der Waals surface area contributed by atoms with Crippen molar-refractivity contribution in [1.29, 1.82) is 0 Å². The first-order chi connectivity index (χ1) is 10.5. The Kier molecular flexibility index (Phi) is 9.64. The molecule has 0 aliphatic carbocycles. The summed E-state index contributed by atoms with van der Waals surface area (Å²) in [6, 6.07) is 2.92. The molecule has 0 radical (unpaired) electrons. The molecule has 22 heavy (non-hydrogen) atoms. The van der Waals surface area contributed by atoms with Crippen LogP contribution in [0.4, 0.5) is 0 Å². The van der Waals surface area contributed by atoms with Crippen molar-refractivity contribution in [2.75, 3.05) is 26.4 Å². The Morgan fingerprint density at radius 2 is 1.68 bits per heavy atom. The Hall–Kier alpha value is -0.680. The van der Waals surface area contributed by atoms with Gasteiger partial charge in [-0.2, -0.15) is 0 Å². The minimum atomic E-state index is -0.476. The zero-order valence-electron chi connectivity index (χ0n) is 12.4. The number of hydrogen-bond donors (Lipinski definition) is 0. The van der Waals surface area contributed by atoms with Crippen LogP contribution in [-0.2, 0) is 14.3 Å². The van der Waals surface area contributed by atoms with E-state index in [9.17, 15) is 4.79 Å². The zero-order valence-corrected chi connectivity index (χ0v) is 14.6. The molecule has 0 aliphatic heterocycles. The number of rotatable bonds is 10. The summed E-state index contributed by atoms with van der Waals surface area (Å²) in [4.78, 5) is 11.5. The van der Waals surface area contributed by atoms with Gasteiger partial charge in [0.05, 0.1) is 21.7 Å². The minimum Gasteiger partial charge on any atom is -0.480 e. The van der Waals surface area contributed by atoms with Crippen LogP contribution in [0.5, 0.6) is 5.75 Å². The molecule has 0 atom stereocenters. The van der Waals surface area contributed by atoms with E-state index in [0.29, 0.717) is 29.7 Å². The van der Waals surface area contributed by atoms with E-state index in [0.717, 1.165) is 19.4 Å². The van der Waals surface area contributed by atoms with Crippen LogP contribution in [0.1, 0.15) is 26.2 Å². The van der Waals surface area contributed by atoms with Crippen molar-refractivity contribution in [3.8, 4) is 5.75 Å². The van der Waals surface area contributed by atoms with Gasteiger partial charge in [-0.15, -0.1) is 0 Å². The van der Waals surface area contributed by atoms with Crippen LogP contribution in [0, 0.1) is 0 Å². The lowest BCUT2D eigenvalue weighted by Crippen LogP contribution is -2.16. The van der Waals surface area contributed by atoms with Crippen LogP contribution < -0.4 is 4.74 Å². The highest BCUT2D eigenvalue weighted by atomic mass is 35.5. The third kappa shape index (κ3) is 7.54. The Balaban J connectivity index is 2.19. The molecule has 7 heteroatoms. The number of benzene rings is 1. The fraction of sp³-hybridized carbons (Fsp3) is 0.533. The standard InChI is InChI=1S/C15H19Cl3O4/c1-2-3-5-20-6-4-7-21-15(19)10-22-14-9-12(17)11(16)8-13(14)18/h8-9H,2-7,10H2,1H3. The third-order valence-corrected chi connectivity index (χ3v) is 3.68. The fourth-order valence-electron chi connectivity index (χ4n) is 1.49. The fourth-order valence-corrected chi connectivity index (χ4v) is 2.08. The molecule has 0 aromatic heterocycles. The Labute approximate surface area is 145 Å². The molecule has 0 aliphatic rings. The first-order valence-electron chi connectivity index (χ1n) is 7.05. The van der Waals surface area contributed by atoms with Gasteiger partial charge in [0.25, 0.3) is 0 Å². The van der Waals surface area contributed by atoms with Crippen molar-refractivity contribution in [1.82, 2.24) is 0 Å². The highest BCUT2D eigenvalue weighted by Gasteiger charge is 2.10. The lowest BCUT2D eigenvalue weighted by molar-refractivity contribution is -0.146. The van der Waals surface area contributed by atoms with E-state index in [4.69, 9.17) is 49.0 Å². The SMILES string of the molecule is CCCCOCCCOC(=O)COc1cc(Cl)c(Cl)cc1Cl. The maximum Gasteiger partial charge on any atom is 0.344 e. The minimum absolute atomic E-state index is 0.242. The molecular formula is C15H19Cl3O4. The lowest BCUT2D eigenvalue weighted by atomic mass is 10.3. The van der Waals surface area contributed by atoms with Crippen LogP contribution in [0.25, 0.3) is 0 Å². The zero-order chi connectivity index (χ0) is 16.4. The second-order valence-corrected chi connectivity index (χ2v) is 5.75. The molecule has 4 nitrogen and oxygen atoms in total. The second kappa shape index (κ2) is 10.9. The summed E-state index contributed by atoms with van der Waals surface area (Å²) >= 11 is 17.6. The second-order valence-electron chi connectivity index (χ2n) is 4.53.